The van der Waals surface area contributed by atoms with E-state index in [0.29, 0.717) is 18.4 Å². The zero-order chi connectivity index (χ0) is 12.5. The van der Waals surface area contributed by atoms with E-state index >= 15 is 0 Å². The molecule has 2 aliphatic carbocycles. The molecule has 0 spiro atoms. The number of nitrogens with one attached hydrogen (secondary N) is 1. The number of hydrogen-bond donors (Lipinski definition) is 1. The van der Waals surface area contributed by atoms with Gasteiger partial charge in [0.2, 0.25) is 5.91 Å². The number of carbonyl (C=O) groups excluding carboxylic acids is 1. The SMILES string of the molecule is O=C(Cc1ccc(F)cc1)N[C@@H]1C[C@H]2CC[C@H]1C2. The maximum atomic E-state index is 12.8. The highest BCUT2D eigenvalue weighted by atomic mass is 19.1. The first kappa shape index (κ1) is 11.7. The van der Waals surface area contributed by atoms with E-state index in [1.165, 1.54) is 31.4 Å². The molecule has 2 nitrogen and oxygen atoms in total. The average molecular weight is 247 g/mol. The molecule has 0 aromatic heterocycles. The summed E-state index contributed by atoms with van der Waals surface area (Å²) >= 11 is 0. The van der Waals surface area contributed by atoms with Gasteiger partial charge in [-0.3, -0.25) is 4.79 Å². The van der Waals surface area contributed by atoms with Gasteiger partial charge in [-0.2, -0.15) is 0 Å². The Balaban J connectivity index is 1.54. The van der Waals surface area contributed by atoms with Crippen LogP contribution in [0.2, 0.25) is 0 Å². The molecule has 0 radical (unpaired) electrons. The largest absolute Gasteiger partial charge is 0.353 e. The quantitative estimate of drug-likeness (QED) is 0.874. The first-order valence-electron chi connectivity index (χ1n) is 6.74. The standard InChI is InChI=1S/C15H18FNO/c16-13-5-2-10(3-6-13)9-15(18)17-14-8-11-1-4-12(14)7-11/h2-3,5-6,11-12,14H,1,4,7-9H2,(H,17,18)/t11-,12-,14+/m0/s1. The van der Waals surface area contributed by atoms with Gasteiger partial charge in [-0.05, 0) is 48.8 Å². The Morgan fingerprint density at radius 3 is 2.61 bits per heavy atom. The maximum Gasteiger partial charge on any atom is 0.224 e. The van der Waals surface area contributed by atoms with Gasteiger partial charge in [-0.15, -0.1) is 0 Å². The van der Waals surface area contributed by atoms with Crippen LogP contribution in [0.15, 0.2) is 24.3 Å². The molecular weight excluding hydrogens is 229 g/mol. The van der Waals surface area contributed by atoms with Crippen molar-refractivity contribution in [3.05, 3.63) is 35.6 Å². The molecule has 0 heterocycles. The van der Waals surface area contributed by atoms with Gasteiger partial charge in [0.25, 0.3) is 0 Å². The number of benzene rings is 1. The molecule has 1 amide bonds. The summed E-state index contributed by atoms with van der Waals surface area (Å²) in [5.41, 5.74) is 0.872. The number of carbonyl (C=O) groups is 1. The highest BCUT2D eigenvalue weighted by Gasteiger charge is 2.39. The van der Waals surface area contributed by atoms with Crippen LogP contribution in [0.25, 0.3) is 0 Å². The monoisotopic (exact) mass is 247 g/mol. The van der Waals surface area contributed by atoms with Crippen LogP contribution in [-0.2, 0) is 11.2 Å². The molecule has 1 aromatic rings. The second kappa shape index (κ2) is 4.71. The summed E-state index contributed by atoms with van der Waals surface area (Å²) in [5, 5.41) is 3.14. The highest BCUT2D eigenvalue weighted by Crippen LogP contribution is 2.44. The molecular formula is C15H18FNO. The van der Waals surface area contributed by atoms with Gasteiger partial charge in [0.1, 0.15) is 5.82 Å². The lowest BCUT2D eigenvalue weighted by molar-refractivity contribution is -0.121. The summed E-state index contributed by atoms with van der Waals surface area (Å²) in [4.78, 5) is 11.9. The van der Waals surface area contributed by atoms with Crippen molar-refractivity contribution in [2.75, 3.05) is 0 Å². The molecule has 3 rings (SSSR count). The molecule has 3 atom stereocenters. The second-order valence-corrected chi connectivity index (χ2v) is 5.65. The van der Waals surface area contributed by atoms with E-state index < -0.39 is 0 Å². The Morgan fingerprint density at radius 1 is 1.22 bits per heavy atom. The average Bonchev–Trinajstić information content (AvgIpc) is 2.94. The van der Waals surface area contributed by atoms with Crippen molar-refractivity contribution in [3.63, 3.8) is 0 Å². The molecule has 2 fully saturated rings. The minimum Gasteiger partial charge on any atom is -0.353 e. The lowest BCUT2D eigenvalue weighted by Crippen LogP contribution is -2.39. The van der Waals surface area contributed by atoms with Crippen molar-refractivity contribution in [1.82, 2.24) is 5.32 Å². The third-order valence-electron chi connectivity index (χ3n) is 4.36. The predicted molar refractivity (Wildman–Crippen MR) is 67.5 cm³/mol. The summed E-state index contributed by atoms with van der Waals surface area (Å²) in [6.45, 7) is 0. The van der Waals surface area contributed by atoms with E-state index in [0.717, 1.165) is 17.9 Å². The summed E-state index contributed by atoms with van der Waals surface area (Å²) < 4.78 is 12.8. The van der Waals surface area contributed by atoms with Gasteiger partial charge in [0.15, 0.2) is 0 Å². The minimum absolute atomic E-state index is 0.0687. The molecule has 2 bridgehead atoms. The van der Waals surface area contributed by atoms with E-state index in [4.69, 9.17) is 0 Å². The van der Waals surface area contributed by atoms with E-state index in [1.54, 1.807) is 12.1 Å². The molecule has 2 saturated carbocycles. The van der Waals surface area contributed by atoms with Crippen molar-refractivity contribution < 1.29 is 9.18 Å². The minimum atomic E-state index is -0.257. The first-order valence-corrected chi connectivity index (χ1v) is 6.74. The maximum absolute atomic E-state index is 12.8. The van der Waals surface area contributed by atoms with Crippen LogP contribution in [0.3, 0.4) is 0 Å². The van der Waals surface area contributed by atoms with Crippen LogP contribution in [0, 0.1) is 17.7 Å². The van der Waals surface area contributed by atoms with E-state index in [2.05, 4.69) is 5.32 Å². The Labute approximate surface area is 107 Å². The van der Waals surface area contributed by atoms with Crippen LogP contribution in [-0.4, -0.2) is 11.9 Å². The molecule has 1 N–H and O–H groups in total. The van der Waals surface area contributed by atoms with Crippen LogP contribution in [0.1, 0.15) is 31.2 Å². The fourth-order valence-corrected chi connectivity index (χ4v) is 3.47. The van der Waals surface area contributed by atoms with Gasteiger partial charge in [0, 0.05) is 6.04 Å². The zero-order valence-electron chi connectivity index (χ0n) is 10.4. The number of rotatable bonds is 3. The molecule has 3 heteroatoms. The first-order chi connectivity index (χ1) is 8.70. The second-order valence-electron chi connectivity index (χ2n) is 5.65. The Kier molecular flexibility index (Phi) is 3.06. The lowest BCUT2D eigenvalue weighted by Gasteiger charge is -2.22. The number of hydrogen-bond acceptors (Lipinski definition) is 1. The van der Waals surface area contributed by atoms with E-state index in [1.807, 2.05) is 0 Å². The smallest absolute Gasteiger partial charge is 0.224 e. The van der Waals surface area contributed by atoms with Crippen LogP contribution in [0.5, 0.6) is 0 Å². The van der Waals surface area contributed by atoms with Crippen LogP contribution < -0.4 is 5.32 Å². The number of halogens is 1. The van der Waals surface area contributed by atoms with Gasteiger partial charge >= 0.3 is 0 Å². The molecule has 0 unspecified atom stereocenters. The van der Waals surface area contributed by atoms with Crippen LogP contribution >= 0.6 is 0 Å². The molecule has 96 valence electrons. The molecule has 0 aliphatic heterocycles. The van der Waals surface area contributed by atoms with Crippen LogP contribution in [0.4, 0.5) is 4.39 Å². The van der Waals surface area contributed by atoms with Crippen molar-refractivity contribution in [1.29, 1.82) is 0 Å². The molecule has 18 heavy (non-hydrogen) atoms. The molecule has 0 saturated heterocycles. The van der Waals surface area contributed by atoms with Gasteiger partial charge in [-0.25, -0.2) is 4.39 Å². The normalized spacial score (nSPS) is 29.5. The predicted octanol–water partition coefficient (Wildman–Crippen LogP) is 2.67. The van der Waals surface area contributed by atoms with Crippen molar-refractivity contribution in [2.24, 2.45) is 11.8 Å². The Morgan fingerprint density at radius 2 is 2.00 bits per heavy atom. The third-order valence-corrected chi connectivity index (χ3v) is 4.36. The fraction of sp³-hybridized carbons (Fsp3) is 0.533. The summed E-state index contributed by atoms with van der Waals surface area (Å²) in [6, 6.07) is 6.54. The van der Waals surface area contributed by atoms with Gasteiger partial charge < -0.3 is 5.32 Å². The fourth-order valence-electron chi connectivity index (χ4n) is 3.47. The lowest BCUT2D eigenvalue weighted by atomic mass is 9.95. The number of amides is 1. The van der Waals surface area contributed by atoms with Gasteiger partial charge in [-0.1, -0.05) is 18.6 Å². The topological polar surface area (TPSA) is 29.1 Å². The van der Waals surface area contributed by atoms with Crippen molar-refractivity contribution in [2.45, 2.75) is 38.1 Å². The zero-order valence-corrected chi connectivity index (χ0v) is 10.4. The summed E-state index contributed by atoms with van der Waals surface area (Å²) in [7, 11) is 0. The highest BCUT2D eigenvalue weighted by molar-refractivity contribution is 5.78. The van der Waals surface area contributed by atoms with E-state index in [-0.39, 0.29) is 11.7 Å². The van der Waals surface area contributed by atoms with Crippen molar-refractivity contribution >= 4 is 5.91 Å². The van der Waals surface area contributed by atoms with E-state index in [9.17, 15) is 9.18 Å². The molecule has 1 aromatic carbocycles. The number of fused-ring (bicyclic) bond motifs is 2. The Bertz CT molecular complexity index is 442. The summed E-state index contributed by atoms with van der Waals surface area (Å²) in [5.74, 6) is 1.35. The third kappa shape index (κ3) is 2.40. The van der Waals surface area contributed by atoms with Crippen molar-refractivity contribution in [3.8, 4) is 0 Å². The Hall–Kier alpha value is -1.38. The molecule has 2 aliphatic rings. The summed E-state index contributed by atoms with van der Waals surface area (Å²) in [6.07, 6.45) is 5.41. The van der Waals surface area contributed by atoms with Gasteiger partial charge in [0.05, 0.1) is 6.42 Å².